The van der Waals surface area contributed by atoms with Crippen molar-refractivity contribution in [2.45, 2.75) is 6.10 Å². The summed E-state index contributed by atoms with van der Waals surface area (Å²) in [6.07, 6.45) is 13.3. The summed E-state index contributed by atoms with van der Waals surface area (Å²) in [6.45, 7) is 0. The third kappa shape index (κ3) is 1.67. The molecule has 2 heterocycles. The fraction of sp³-hybridized carbons (Fsp3) is 0.0588. The van der Waals surface area contributed by atoms with Gasteiger partial charge in [-0.3, -0.25) is 4.98 Å². The SMILES string of the molecule is C1=CC2=c3ccccc3=C(c3cnccn3)OC2C=C1. The summed E-state index contributed by atoms with van der Waals surface area (Å²) in [7, 11) is 0. The lowest BCUT2D eigenvalue weighted by atomic mass is 9.97. The molecule has 2 aliphatic rings. The predicted octanol–water partition coefficient (Wildman–Crippen LogP) is 1.31. The summed E-state index contributed by atoms with van der Waals surface area (Å²) in [4.78, 5) is 8.50. The Labute approximate surface area is 116 Å². The van der Waals surface area contributed by atoms with E-state index >= 15 is 0 Å². The molecule has 0 spiro atoms. The fourth-order valence-corrected chi connectivity index (χ4v) is 2.61. The predicted molar refractivity (Wildman–Crippen MR) is 76.8 cm³/mol. The monoisotopic (exact) mass is 260 g/mol. The van der Waals surface area contributed by atoms with E-state index in [1.165, 1.54) is 10.8 Å². The van der Waals surface area contributed by atoms with Gasteiger partial charge in [0.2, 0.25) is 0 Å². The summed E-state index contributed by atoms with van der Waals surface area (Å²) in [5.74, 6) is 0.794. The highest BCUT2D eigenvalue weighted by Crippen LogP contribution is 2.22. The maximum atomic E-state index is 6.14. The van der Waals surface area contributed by atoms with Gasteiger partial charge in [0, 0.05) is 23.2 Å². The summed E-state index contributed by atoms with van der Waals surface area (Å²) in [6, 6.07) is 8.26. The van der Waals surface area contributed by atoms with Crippen molar-refractivity contribution in [2.75, 3.05) is 0 Å². The molecule has 0 bridgehead atoms. The van der Waals surface area contributed by atoms with Crippen molar-refractivity contribution in [1.82, 2.24) is 9.97 Å². The van der Waals surface area contributed by atoms with Crippen LogP contribution in [0.3, 0.4) is 0 Å². The maximum absolute atomic E-state index is 6.14. The van der Waals surface area contributed by atoms with E-state index in [0.29, 0.717) is 0 Å². The molecule has 0 saturated carbocycles. The molecule has 0 N–H and O–H groups in total. The number of hydrogen-bond acceptors (Lipinski definition) is 3. The molecule has 1 atom stereocenters. The van der Waals surface area contributed by atoms with Crippen LogP contribution in [-0.4, -0.2) is 16.1 Å². The van der Waals surface area contributed by atoms with Gasteiger partial charge >= 0.3 is 0 Å². The first kappa shape index (κ1) is 11.2. The van der Waals surface area contributed by atoms with Crippen LogP contribution < -0.4 is 10.4 Å². The van der Waals surface area contributed by atoms with Gasteiger partial charge in [0.15, 0.2) is 5.76 Å². The van der Waals surface area contributed by atoms with Crippen molar-refractivity contribution in [3.8, 4) is 0 Å². The minimum absolute atomic E-state index is 0.0492. The molecule has 2 aromatic rings. The van der Waals surface area contributed by atoms with Crippen molar-refractivity contribution in [2.24, 2.45) is 0 Å². The van der Waals surface area contributed by atoms with Crippen molar-refractivity contribution >= 4 is 11.3 Å². The van der Waals surface area contributed by atoms with Gasteiger partial charge in [0.25, 0.3) is 0 Å². The molecule has 3 nitrogen and oxygen atoms in total. The molecule has 0 fully saturated rings. The Morgan fingerprint density at radius 2 is 1.90 bits per heavy atom. The molecule has 0 radical (unpaired) electrons. The third-order valence-electron chi connectivity index (χ3n) is 3.50. The molecule has 1 aromatic carbocycles. The van der Waals surface area contributed by atoms with Crippen molar-refractivity contribution in [3.05, 3.63) is 83.3 Å². The van der Waals surface area contributed by atoms with Crippen LogP contribution in [0.5, 0.6) is 0 Å². The Balaban J connectivity index is 2.09. The molecular weight excluding hydrogens is 248 g/mol. The first-order valence-corrected chi connectivity index (χ1v) is 6.55. The van der Waals surface area contributed by atoms with Crippen LogP contribution in [0.4, 0.5) is 0 Å². The van der Waals surface area contributed by atoms with Crippen molar-refractivity contribution < 1.29 is 4.74 Å². The number of aromatic nitrogens is 2. The van der Waals surface area contributed by atoms with E-state index in [-0.39, 0.29) is 6.10 Å². The van der Waals surface area contributed by atoms with E-state index in [0.717, 1.165) is 16.7 Å². The molecule has 0 saturated heterocycles. The molecule has 3 heteroatoms. The van der Waals surface area contributed by atoms with Crippen LogP contribution in [0.25, 0.3) is 11.3 Å². The van der Waals surface area contributed by atoms with Gasteiger partial charge in [0.1, 0.15) is 11.8 Å². The highest BCUT2D eigenvalue weighted by atomic mass is 16.5. The molecule has 4 rings (SSSR count). The largest absolute Gasteiger partial charge is 0.479 e. The first-order chi connectivity index (χ1) is 9.93. The lowest BCUT2D eigenvalue weighted by Gasteiger charge is -2.25. The van der Waals surface area contributed by atoms with Gasteiger partial charge in [-0.2, -0.15) is 0 Å². The Kier molecular flexibility index (Phi) is 2.49. The molecular formula is C17H12N2O. The van der Waals surface area contributed by atoms with E-state index in [4.69, 9.17) is 4.74 Å². The van der Waals surface area contributed by atoms with E-state index in [2.05, 4.69) is 40.3 Å². The number of ether oxygens (including phenoxy) is 1. The Hall–Kier alpha value is -2.68. The zero-order valence-electron chi connectivity index (χ0n) is 10.7. The van der Waals surface area contributed by atoms with Gasteiger partial charge in [-0.25, -0.2) is 4.98 Å². The summed E-state index contributed by atoms with van der Waals surface area (Å²) in [5, 5.41) is 2.27. The summed E-state index contributed by atoms with van der Waals surface area (Å²) < 4.78 is 6.14. The summed E-state index contributed by atoms with van der Waals surface area (Å²) >= 11 is 0. The molecule has 1 aliphatic heterocycles. The minimum Gasteiger partial charge on any atom is -0.479 e. The van der Waals surface area contributed by atoms with E-state index in [1.807, 2.05) is 18.2 Å². The Bertz CT molecular complexity index is 835. The topological polar surface area (TPSA) is 35.0 Å². The third-order valence-corrected chi connectivity index (χ3v) is 3.50. The number of fused-ring (bicyclic) bond motifs is 2. The second-order valence-corrected chi connectivity index (χ2v) is 4.70. The van der Waals surface area contributed by atoms with Crippen LogP contribution in [0.2, 0.25) is 0 Å². The van der Waals surface area contributed by atoms with Gasteiger partial charge < -0.3 is 4.74 Å². The normalized spacial score (nSPS) is 19.3. The lowest BCUT2D eigenvalue weighted by molar-refractivity contribution is 0.255. The number of rotatable bonds is 1. The second-order valence-electron chi connectivity index (χ2n) is 4.70. The highest BCUT2D eigenvalue weighted by Gasteiger charge is 2.22. The molecule has 1 unspecified atom stereocenters. The lowest BCUT2D eigenvalue weighted by Crippen LogP contribution is -2.38. The number of allylic oxidation sites excluding steroid dienone is 2. The van der Waals surface area contributed by atoms with Crippen LogP contribution >= 0.6 is 0 Å². The fourth-order valence-electron chi connectivity index (χ4n) is 2.61. The van der Waals surface area contributed by atoms with Crippen molar-refractivity contribution in [3.63, 3.8) is 0 Å². The second kappa shape index (κ2) is 4.46. The van der Waals surface area contributed by atoms with E-state index in [1.54, 1.807) is 18.6 Å². The van der Waals surface area contributed by atoms with Crippen LogP contribution in [0.15, 0.2) is 67.2 Å². The summed E-state index contributed by atoms with van der Waals surface area (Å²) in [5.41, 5.74) is 1.96. The van der Waals surface area contributed by atoms with Crippen LogP contribution in [0, 0.1) is 0 Å². The smallest absolute Gasteiger partial charge is 0.155 e. The maximum Gasteiger partial charge on any atom is 0.155 e. The molecule has 1 aromatic heterocycles. The van der Waals surface area contributed by atoms with E-state index in [9.17, 15) is 0 Å². The molecule has 20 heavy (non-hydrogen) atoms. The van der Waals surface area contributed by atoms with Gasteiger partial charge in [0.05, 0.1) is 6.20 Å². The van der Waals surface area contributed by atoms with Gasteiger partial charge in [-0.15, -0.1) is 0 Å². The quantitative estimate of drug-likeness (QED) is 0.775. The zero-order valence-corrected chi connectivity index (χ0v) is 10.7. The number of nitrogens with zero attached hydrogens (tertiary/aromatic N) is 2. The highest BCUT2D eigenvalue weighted by molar-refractivity contribution is 5.71. The number of benzene rings is 1. The van der Waals surface area contributed by atoms with Gasteiger partial charge in [-0.05, 0) is 11.3 Å². The Morgan fingerprint density at radius 1 is 1.00 bits per heavy atom. The Morgan fingerprint density at radius 3 is 2.75 bits per heavy atom. The van der Waals surface area contributed by atoms with Crippen LogP contribution in [-0.2, 0) is 4.74 Å². The van der Waals surface area contributed by atoms with Crippen LogP contribution in [0.1, 0.15) is 5.69 Å². The van der Waals surface area contributed by atoms with Gasteiger partial charge in [-0.1, -0.05) is 42.5 Å². The average Bonchev–Trinajstić information content (AvgIpc) is 2.55. The zero-order chi connectivity index (χ0) is 13.4. The molecule has 1 aliphatic carbocycles. The minimum atomic E-state index is -0.0492. The number of hydrogen-bond donors (Lipinski definition) is 0. The molecule has 0 amide bonds. The van der Waals surface area contributed by atoms with E-state index < -0.39 is 0 Å². The molecule has 96 valence electrons. The first-order valence-electron chi connectivity index (χ1n) is 6.55. The average molecular weight is 260 g/mol. The van der Waals surface area contributed by atoms with Crippen molar-refractivity contribution in [1.29, 1.82) is 0 Å². The standard InChI is InChI=1S/C17H12N2O/c1-2-7-14-12(5-1)13-6-3-4-8-16(13)20-17(14)15-11-18-9-10-19-15/h1-11,16H.